The minimum absolute atomic E-state index is 0.816. The number of benzene rings is 4. The molecule has 0 aliphatic rings. The molecule has 33 heavy (non-hydrogen) atoms. The lowest BCUT2D eigenvalue weighted by Gasteiger charge is -2.10. The molecule has 0 saturated carbocycles. The van der Waals surface area contributed by atoms with E-state index in [0.717, 1.165) is 28.0 Å². The zero-order chi connectivity index (χ0) is 22.9. The smallest absolute Gasteiger partial charge is 0.118 e. The molecule has 1 heteroatoms. The number of methoxy groups -OCH3 is 1. The van der Waals surface area contributed by atoms with Crippen molar-refractivity contribution in [3.05, 3.63) is 125 Å². The lowest BCUT2D eigenvalue weighted by molar-refractivity contribution is 0.415. The van der Waals surface area contributed by atoms with Gasteiger partial charge in [-0.15, -0.1) is 0 Å². The van der Waals surface area contributed by atoms with Gasteiger partial charge in [0, 0.05) is 11.1 Å². The highest BCUT2D eigenvalue weighted by molar-refractivity contribution is 5.78. The molecule has 0 unspecified atom stereocenters. The average molecular weight is 425 g/mol. The molecule has 4 aromatic carbocycles. The van der Waals surface area contributed by atoms with E-state index in [-0.39, 0.29) is 0 Å². The summed E-state index contributed by atoms with van der Waals surface area (Å²) < 4.78 is 5.18. The first-order valence-corrected chi connectivity index (χ1v) is 10.8. The van der Waals surface area contributed by atoms with Gasteiger partial charge < -0.3 is 4.74 Å². The van der Waals surface area contributed by atoms with Crippen molar-refractivity contribution in [3.8, 4) is 40.6 Å². The third kappa shape index (κ3) is 5.82. The summed E-state index contributed by atoms with van der Waals surface area (Å²) >= 11 is 0. The zero-order valence-corrected chi connectivity index (χ0v) is 18.8. The molecule has 0 heterocycles. The summed E-state index contributed by atoms with van der Waals surface area (Å²) in [5, 5.41) is 0. The highest BCUT2D eigenvalue weighted by Crippen LogP contribution is 2.28. The standard InChI is InChI=1S/C32H24O/c1-25-16-17-28(19-18-26-10-4-3-5-11-26)24-32(25)31-15-9-8-14-29(31)13-7-6-12-27-20-22-30(33-2)23-21-27/h3-5,8-11,14-24H,1-2H3/b19-18+. The molecule has 0 saturated heterocycles. The van der Waals surface area contributed by atoms with Crippen LogP contribution in [0.1, 0.15) is 27.8 Å². The van der Waals surface area contributed by atoms with Gasteiger partial charge in [0.25, 0.3) is 0 Å². The fraction of sp³-hybridized carbons (Fsp3) is 0.0625. The van der Waals surface area contributed by atoms with Crippen molar-refractivity contribution < 1.29 is 4.74 Å². The van der Waals surface area contributed by atoms with Gasteiger partial charge in [0.05, 0.1) is 7.11 Å². The Bertz CT molecular complexity index is 1390. The van der Waals surface area contributed by atoms with Crippen LogP contribution in [0.5, 0.6) is 5.75 Å². The quantitative estimate of drug-likeness (QED) is 0.248. The second-order valence-corrected chi connectivity index (χ2v) is 7.59. The van der Waals surface area contributed by atoms with Crippen molar-refractivity contribution in [1.29, 1.82) is 0 Å². The first kappa shape index (κ1) is 21.8. The summed E-state index contributed by atoms with van der Waals surface area (Å²) in [5.41, 5.74) is 7.72. The van der Waals surface area contributed by atoms with E-state index in [9.17, 15) is 0 Å². The van der Waals surface area contributed by atoms with Gasteiger partial charge in [0.2, 0.25) is 0 Å². The van der Waals surface area contributed by atoms with Gasteiger partial charge in [0.15, 0.2) is 0 Å². The van der Waals surface area contributed by atoms with Crippen molar-refractivity contribution in [2.24, 2.45) is 0 Å². The second kappa shape index (κ2) is 10.7. The highest BCUT2D eigenvalue weighted by atomic mass is 16.5. The van der Waals surface area contributed by atoms with Crippen LogP contribution in [0.3, 0.4) is 0 Å². The fourth-order valence-corrected chi connectivity index (χ4v) is 3.49. The Balaban J connectivity index is 1.61. The van der Waals surface area contributed by atoms with E-state index in [0.29, 0.717) is 0 Å². The van der Waals surface area contributed by atoms with Gasteiger partial charge in [-0.25, -0.2) is 0 Å². The molecule has 0 amide bonds. The summed E-state index contributed by atoms with van der Waals surface area (Å²) in [5.74, 6) is 13.1. The predicted molar refractivity (Wildman–Crippen MR) is 139 cm³/mol. The van der Waals surface area contributed by atoms with E-state index < -0.39 is 0 Å². The molecule has 0 fully saturated rings. The Morgan fingerprint density at radius 1 is 0.636 bits per heavy atom. The first-order valence-electron chi connectivity index (χ1n) is 10.8. The van der Waals surface area contributed by atoms with E-state index in [4.69, 9.17) is 4.74 Å². The van der Waals surface area contributed by atoms with Crippen LogP contribution in [-0.4, -0.2) is 7.11 Å². The molecule has 0 spiro atoms. The van der Waals surface area contributed by atoms with Gasteiger partial charge in [-0.05, 0) is 83.0 Å². The minimum Gasteiger partial charge on any atom is -0.497 e. The number of aryl methyl sites for hydroxylation is 1. The molecular formula is C32H24O. The van der Waals surface area contributed by atoms with E-state index in [1.807, 2.05) is 54.6 Å². The molecule has 1 nitrogen and oxygen atoms in total. The Morgan fingerprint density at radius 3 is 2.12 bits per heavy atom. The third-order valence-electron chi connectivity index (χ3n) is 5.30. The van der Waals surface area contributed by atoms with Crippen LogP contribution in [0.4, 0.5) is 0 Å². The van der Waals surface area contributed by atoms with Crippen LogP contribution in [0.2, 0.25) is 0 Å². The lowest BCUT2D eigenvalue weighted by atomic mass is 9.94. The van der Waals surface area contributed by atoms with Crippen molar-refractivity contribution in [2.45, 2.75) is 6.92 Å². The molecule has 0 atom stereocenters. The maximum atomic E-state index is 5.18. The number of hydrogen-bond donors (Lipinski definition) is 0. The number of rotatable bonds is 4. The van der Waals surface area contributed by atoms with Gasteiger partial charge in [0.1, 0.15) is 5.75 Å². The summed E-state index contributed by atoms with van der Waals surface area (Å²) in [6.45, 7) is 2.13. The molecule has 0 radical (unpaired) electrons. The van der Waals surface area contributed by atoms with E-state index in [1.165, 1.54) is 16.7 Å². The van der Waals surface area contributed by atoms with Gasteiger partial charge >= 0.3 is 0 Å². The van der Waals surface area contributed by atoms with Crippen LogP contribution in [-0.2, 0) is 0 Å². The van der Waals surface area contributed by atoms with Crippen molar-refractivity contribution in [3.63, 3.8) is 0 Å². The van der Waals surface area contributed by atoms with E-state index >= 15 is 0 Å². The zero-order valence-electron chi connectivity index (χ0n) is 18.8. The van der Waals surface area contributed by atoms with Crippen LogP contribution in [0.15, 0.2) is 97.1 Å². The molecule has 0 aliphatic carbocycles. The lowest BCUT2D eigenvalue weighted by Crippen LogP contribution is -1.89. The van der Waals surface area contributed by atoms with Gasteiger partial charge in [-0.3, -0.25) is 0 Å². The SMILES string of the molecule is COc1ccc(C#CC#Cc2ccccc2-c2cc(/C=C/c3ccccc3)ccc2C)cc1. The summed E-state index contributed by atoms with van der Waals surface area (Å²) in [6.07, 6.45) is 4.28. The Morgan fingerprint density at radius 2 is 1.33 bits per heavy atom. The van der Waals surface area contributed by atoms with Crippen molar-refractivity contribution in [1.82, 2.24) is 0 Å². The maximum Gasteiger partial charge on any atom is 0.118 e. The number of hydrogen-bond acceptors (Lipinski definition) is 1. The molecule has 158 valence electrons. The van der Waals surface area contributed by atoms with Crippen LogP contribution >= 0.6 is 0 Å². The van der Waals surface area contributed by atoms with Gasteiger partial charge in [-0.2, -0.15) is 0 Å². The van der Waals surface area contributed by atoms with Gasteiger partial charge in [-0.1, -0.05) is 84.7 Å². The third-order valence-corrected chi connectivity index (χ3v) is 5.30. The van der Waals surface area contributed by atoms with Crippen LogP contribution < -0.4 is 4.74 Å². The molecule has 0 bridgehead atoms. The second-order valence-electron chi connectivity index (χ2n) is 7.59. The molecule has 4 aromatic rings. The minimum atomic E-state index is 0.816. The monoisotopic (exact) mass is 424 g/mol. The summed E-state index contributed by atoms with van der Waals surface area (Å²) in [4.78, 5) is 0. The fourth-order valence-electron chi connectivity index (χ4n) is 3.49. The van der Waals surface area contributed by atoms with Crippen molar-refractivity contribution >= 4 is 12.2 Å². The summed E-state index contributed by atoms with van der Waals surface area (Å²) in [6, 6.07) is 32.7. The Labute approximate surface area is 196 Å². The largest absolute Gasteiger partial charge is 0.497 e. The Kier molecular flexibility index (Phi) is 7.07. The number of ether oxygens (including phenoxy) is 1. The topological polar surface area (TPSA) is 9.23 Å². The highest BCUT2D eigenvalue weighted by Gasteiger charge is 2.06. The molecular weight excluding hydrogens is 400 g/mol. The normalized spacial score (nSPS) is 10.1. The summed E-state index contributed by atoms with van der Waals surface area (Å²) in [7, 11) is 1.65. The molecule has 4 rings (SSSR count). The van der Waals surface area contributed by atoms with Crippen molar-refractivity contribution in [2.75, 3.05) is 7.11 Å². The van der Waals surface area contributed by atoms with Crippen LogP contribution in [0.25, 0.3) is 23.3 Å². The Hall–Kier alpha value is -4.46. The average Bonchev–Trinajstić information content (AvgIpc) is 2.87. The van der Waals surface area contributed by atoms with E-state index in [2.05, 4.69) is 85.2 Å². The van der Waals surface area contributed by atoms with E-state index in [1.54, 1.807) is 7.11 Å². The molecule has 0 N–H and O–H groups in total. The predicted octanol–water partition coefficient (Wildman–Crippen LogP) is 7.24. The molecule has 0 aliphatic heterocycles. The molecule has 0 aromatic heterocycles. The van der Waals surface area contributed by atoms with Crippen LogP contribution in [0, 0.1) is 30.6 Å². The maximum absolute atomic E-state index is 5.18. The first-order chi connectivity index (χ1) is 16.2.